The van der Waals surface area contributed by atoms with E-state index in [9.17, 15) is 9.90 Å². The number of amides is 1. The Bertz CT molecular complexity index is 748. The van der Waals surface area contributed by atoms with Gasteiger partial charge in [-0.3, -0.25) is 4.90 Å². The van der Waals surface area contributed by atoms with Gasteiger partial charge in [0.05, 0.1) is 11.6 Å². The van der Waals surface area contributed by atoms with Crippen LogP contribution in [0.3, 0.4) is 0 Å². The van der Waals surface area contributed by atoms with E-state index in [2.05, 4.69) is 6.58 Å². The highest BCUT2D eigenvalue weighted by Crippen LogP contribution is 2.19. The van der Waals surface area contributed by atoms with Gasteiger partial charge in [-0.2, -0.15) is 0 Å². The molecule has 0 heterocycles. The number of nitrogens with zero attached hydrogens (tertiary/aromatic N) is 1. The Morgan fingerprint density at radius 1 is 1.15 bits per heavy atom. The van der Waals surface area contributed by atoms with Crippen LogP contribution in [0.1, 0.15) is 25.0 Å². The molecule has 2 aromatic rings. The summed E-state index contributed by atoms with van der Waals surface area (Å²) >= 11 is 0. The maximum atomic E-state index is 12.7. The molecule has 0 aliphatic rings. The molecule has 27 heavy (non-hydrogen) atoms. The Morgan fingerprint density at radius 3 is 2.30 bits per heavy atom. The predicted octanol–water partition coefficient (Wildman–Crippen LogP) is 4.66. The van der Waals surface area contributed by atoms with Gasteiger partial charge >= 0.3 is 6.09 Å². The van der Waals surface area contributed by atoms with Crippen molar-refractivity contribution in [1.29, 1.82) is 0 Å². The summed E-state index contributed by atoms with van der Waals surface area (Å²) in [5.41, 5.74) is 0.797. The van der Waals surface area contributed by atoms with Gasteiger partial charge in [-0.25, -0.2) is 4.79 Å². The standard InChI is InChI=1S/C23H27NO3/c1-4-21(23(2,3)26)24(17-11-16-19-12-7-5-8-13-19)22(25)27-18-20-14-9-6-10-15-20/h4-16,21,26H,1,17-18H2,2-3H3/b16-11+. The Balaban J connectivity index is 2.11. The van der Waals surface area contributed by atoms with Gasteiger partial charge in [-0.05, 0) is 25.0 Å². The summed E-state index contributed by atoms with van der Waals surface area (Å²) in [6.45, 7) is 7.55. The van der Waals surface area contributed by atoms with Crippen LogP contribution in [0.5, 0.6) is 0 Å². The summed E-state index contributed by atoms with van der Waals surface area (Å²) in [6, 6.07) is 18.7. The summed E-state index contributed by atoms with van der Waals surface area (Å²) < 4.78 is 5.47. The number of hydrogen-bond donors (Lipinski definition) is 1. The Kier molecular flexibility index (Phi) is 7.38. The second-order valence-electron chi connectivity index (χ2n) is 6.84. The van der Waals surface area contributed by atoms with Crippen molar-refractivity contribution < 1.29 is 14.6 Å². The lowest BCUT2D eigenvalue weighted by Gasteiger charge is -2.35. The first-order chi connectivity index (χ1) is 12.9. The minimum Gasteiger partial charge on any atom is -0.445 e. The lowest BCUT2D eigenvalue weighted by molar-refractivity contribution is 0.000821. The molecule has 2 aromatic carbocycles. The van der Waals surface area contributed by atoms with E-state index >= 15 is 0 Å². The van der Waals surface area contributed by atoms with Crippen molar-refractivity contribution in [2.75, 3.05) is 6.54 Å². The van der Waals surface area contributed by atoms with Crippen molar-refractivity contribution in [3.8, 4) is 0 Å². The zero-order valence-corrected chi connectivity index (χ0v) is 15.9. The fraction of sp³-hybridized carbons (Fsp3) is 0.261. The predicted molar refractivity (Wildman–Crippen MR) is 109 cm³/mol. The van der Waals surface area contributed by atoms with Crippen LogP contribution in [0.4, 0.5) is 4.79 Å². The molecular formula is C23H27NO3. The molecule has 0 aliphatic carbocycles. The molecule has 1 N–H and O–H groups in total. The smallest absolute Gasteiger partial charge is 0.410 e. The fourth-order valence-corrected chi connectivity index (χ4v) is 2.77. The SMILES string of the molecule is C=CC(N(C/C=C/c1ccccc1)C(=O)OCc1ccccc1)C(C)(C)O. The van der Waals surface area contributed by atoms with Crippen LogP contribution in [0.15, 0.2) is 79.4 Å². The highest BCUT2D eigenvalue weighted by Gasteiger charge is 2.33. The number of benzene rings is 2. The van der Waals surface area contributed by atoms with Crippen molar-refractivity contribution in [3.63, 3.8) is 0 Å². The zero-order valence-electron chi connectivity index (χ0n) is 15.9. The third-order valence-electron chi connectivity index (χ3n) is 4.13. The average molecular weight is 365 g/mol. The van der Waals surface area contributed by atoms with Crippen molar-refractivity contribution in [1.82, 2.24) is 4.90 Å². The van der Waals surface area contributed by atoms with E-state index in [0.29, 0.717) is 6.54 Å². The first-order valence-electron chi connectivity index (χ1n) is 8.95. The Hall–Kier alpha value is -2.85. The molecule has 0 radical (unpaired) electrons. The van der Waals surface area contributed by atoms with Crippen LogP contribution in [-0.2, 0) is 11.3 Å². The van der Waals surface area contributed by atoms with E-state index in [1.807, 2.05) is 72.8 Å². The van der Waals surface area contributed by atoms with Gasteiger partial charge in [0, 0.05) is 6.54 Å². The van der Waals surface area contributed by atoms with E-state index in [0.717, 1.165) is 11.1 Å². The van der Waals surface area contributed by atoms with E-state index in [-0.39, 0.29) is 6.61 Å². The molecule has 2 rings (SSSR count). The van der Waals surface area contributed by atoms with Gasteiger partial charge < -0.3 is 9.84 Å². The molecule has 0 saturated heterocycles. The number of aliphatic hydroxyl groups is 1. The monoisotopic (exact) mass is 365 g/mol. The van der Waals surface area contributed by atoms with Gasteiger partial charge in [0.15, 0.2) is 0 Å². The van der Waals surface area contributed by atoms with Gasteiger partial charge in [-0.15, -0.1) is 6.58 Å². The highest BCUT2D eigenvalue weighted by molar-refractivity contribution is 5.69. The third-order valence-corrected chi connectivity index (χ3v) is 4.13. The van der Waals surface area contributed by atoms with E-state index < -0.39 is 17.7 Å². The summed E-state index contributed by atoms with van der Waals surface area (Å²) in [7, 11) is 0. The molecular weight excluding hydrogens is 338 g/mol. The lowest BCUT2D eigenvalue weighted by Crippen LogP contribution is -2.51. The molecule has 0 aliphatic heterocycles. The average Bonchev–Trinajstić information content (AvgIpc) is 2.66. The summed E-state index contributed by atoms with van der Waals surface area (Å²) in [4.78, 5) is 14.2. The molecule has 4 heteroatoms. The molecule has 4 nitrogen and oxygen atoms in total. The second kappa shape index (κ2) is 9.74. The molecule has 1 unspecified atom stereocenters. The molecule has 0 bridgehead atoms. The molecule has 0 fully saturated rings. The highest BCUT2D eigenvalue weighted by atomic mass is 16.6. The summed E-state index contributed by atoms with van der Waals surface area (Å²) in [6.07, 6.45) is 4.88. The van der Waals surface area contributed by atoms with Crippen LogP contribution < -0.4 is 0 Å². The van der Waals surface area contributed by atoms with E-state index in [1.54, 1.807) is 19.9 Å². The number of carbonyl (C=O) groups is 1. The van der Waals surface area contributed by atoms with Crippen LogP contribution >= 0.6 is 0 Å². The number of rotatable bonds is 8. The topological polar surface area (TPSA) is 49.8 Å². The summed E-state index contributed by atoms with van der Waals surface area (Å²) in [5, 5.41) is 10.5. The van der Waals surface area contributed by atoms with Crippen molar-refractivity contribution in [3.05, 3.63) is 90.5 Å². The number of ether oxygens (including phenoxy) is 1. The summed E-state index contributed by atoms with van der Waals surface area (Å²) in [5.74, 6) is 0. The van der Waals surface area contributed by atoms with E-state index in [4.69, 9.17) is 4.74 Å². The van der Waals surface area contributed by atoms with Crippen LogP contribution in [0, 0.1) is 0 Å². The van der Waals surface area contributed by atoms with Crippen LogP contribution in [0.25, 0.3) is 6.08 Å². The molecule has 0 spiro atoms. The fourth-order valence-electron chi connectivity index (χ4n) is 2.77. The molecule has 0 saturated carbocycles. The maximum Gasteiger partial charge on any atom is 0.410 e. The van der Waals surface area contributed by atoms with Gasteiger partial charge in [-0.1, -0.05) is 78.9 Å². The second-order valence-corrected chi connectivity index (χ2v) is 6.84. The minimum atomic E-state index is -1.14. The van der Waals surface area contributed by atoms with Crippen molar-refractivity contribution >= 4 is 12.2 Å². The zero-order chi connectivity index (χ0) is 19.7. The Morgan fingerprint density at radius 2 is 1.74 bits per heavy atom. The minimum absolute atomic E-state index is 0.175. The van der Waals surface area contributed by atoms with E-state index in [1.165, 1.54) is 4.90 Å². The van der Waals surface area contributed by atoms with Gasteiger partial charge in [0.1, 0.15) is 6.61 Å². The molecule has 1 atom stereocenters. The first kappa shape index (κ1) is 20.5. The molecule has 1 amide bonds. The van der Waals surface area contributed by atoms with Crippen molar-refractivity contribution in [2.24, 2.45) is 0 Å². The Labute approximate surface area is 161 Å². The normalized spacial score (nSPS) is 12.6. The largest absolute Gasteiger partial charge is 0.445 e. The molecule has 142 valence electrons. The molecule has 0 aromatic heterocycles. The number of carbonyl (C=O) groups excluding carboxylic acids is 1. The van der Waals surface area contributed by atoms with Crippen LogP contribution in [-0.4, -0.2) is 34.3 Å². The van der Waals surface area contributed by atoms with Gasteiger partial charge in [0.25, 0.3) is 0 Å². The van der Waals surface area contributed by atoms with Crippen LogP contribution in [0.2, 0.25) is 0 Å². The van der Waals surface area contributed by atoms with Gasteiger partial charge in [0.2, 0.25) is 0 Å². The lowest BCUT2D eigenvalue weighted by atomic mass is 9.97. The quantitative estimate of drug-likeness (QED) is 0.692. The number of hydrogen-bond acceptors (Lipinski definition) is 3. The van der Waals surface area contributed by atoms with Crippen molar-refractivity contribution in [2.45, 2.75) is 32.1 Å². The first-order valence-corrected chi connectivity index (χ1v) is 8.95. The third kappa shape index (κ3) is 6.42. The maximum absolute atomic E-state index is 12.7.